The van der Waals surface area contributed by atoms with E-state index < -0.39 is 7.25 Å². The summed E-state index contributed by atoms with van der Waals surface area (Å²) in [5.74, 6) is 0. The molecule has 1 aromatic carbocycles. The largest absolute Gasteiger partial charge is 0.673 e. The fourth-order valence-electron chi connectivity index (χ4n) is 0.488. The van der Waals surface area contributed by atoms with E-state index in [4.69, 9.17) is 5.73 Å². The molecule has 2 N–H and O–H groups in total. The zero-order chi connectivity index (χ0) is 10.5. The lowest BCUT2D eigenvalue weighted by atomic mass is 10.3. The van der Waals surface area contributed by atoms with Crippen molar-refractivity contribution in [1.82, 2.24) is 0 Å². The number of nitrogens with two attached hydrogens (primary N) is 1. The normalized spacial score (nSPS) is 10.2. The van der Waals surface area contributed by atoms with Crippen molar-refractivity contribution in [2.45, 2.75) is 4.90 Å². The molecule has 13 heavy (non-hydrogen) atoms. The first-order valence-corrected chi connectivity index (χ1v) is 3.66. The lowest BCUT2D eigenvalue weighted by Gasteiger charge is -1.94. The predicted octanol–water partition coefficient (Wildman–Crippen LogP) is 2.86. The fraction of sp³-hybridized carbons (Fsp3) is 0. The summed E-state index contributed by atoms with van der Waals surface area (Å²) in [4.78, 5) is 0.840. The van der Waals surface area contributed by atoms with Crippen molar-refractivity contribution in [3.63, 3.8) is 0 Å². The van der Waals surface area contributed by atoms with Crippen LogP contribution in [0.4, 0.5) is 23.0 Å². The molecule has 74 valence electrons. The minimum Gasteiger partial charge on any atom is -0.418 e. The Bertz CT molecular complexity index is 238. The lowest BCUT2D eigenvalue weighted by molar-refractivity contribution is 0.368. The quantitative estimate of drug-likeness (QED) is 0.294. The summed E-state index contributed by atoms with van der Waals surface area (Å²) >= 11 is 4.07. The number of halogens is 4. The lowest BCUT2D eigenvalue weighted by Crippen LogP contribution is -2.02. The third-order valence-electron chi connectivity index (χ3n) is 0.937. The Hall–Kier alpha value is -0.845. The summed E-state index contributed by atoms with van der Waals surface area (Å²) in [6.45, 7) is 0. The van der Waals surface area contributed by atoms with Crippen molar-refractivity contribution in [1.29, 1.82) is 0 Å². The van der Waals surface area contributed by atoms with Gasteiger partial charge >= 0.3 is 7.25 Å². The van der Waals surface area contributed by atoms with E-state index in [1.54, 1.807) is 0 Å². The number of benzene rings is 1. The maximum absolute atomic E-state index is 9.75. The Morgan fingerprint density at radius 2 is 1.46 bits per heavy atom. The average molecular weight is 212 g/mol. The molecule has 1 aromatic rings. The van der Waals surface area contributed by atoms with Crippen LogP contribution in [0.15, 0.2) is 29.2 Å². The van der Waals surface area contributed by atoms with Crippen LogP contribution in [0.2, 0.25) is 0 Å². The molecule has 0 atom stereocenters. The molecule has 1 nitrogen and oxygen atoms in total. The molecule has 0 amide bonds. The van der Waals surface area contributed by atoms with Crippen LogP contribution in [0.3, 0.4) is 0 Å². The molecule has 7 heteroatoms. The van der Waals surface area contributed by atoms with Crippen LogP contribution < -0.4 is 5.73 Å². The summed E-state index contributed by atoms with van der Waals surface area (Å²) in [5, 5.41) is 0. The standard InChI is InChI=1S/C6H7NS.BF4/c7-5-3-1-2-4-6(5)8;2-1(3,4)5/h1-4,8H,7H2;/q;-1. The van der Waals surface area contributed by atoms with Crippen LogP contribution in [-0.2, 0) is 0 Å². The minimum atomic E-state index is -6.00. The molecule has 0 saturated heterocycles. The molecule has 0 radical (unpaired) electrons. The summed E-state index contributed by atoms with van der Waals surface area (Å²) < 4.78 is 39.0. The molecular weight excluding hydrogens is 205 g/mol. The number of hydrogen-bond acceptors (Lipinski definition) is 2. The molecule has 0 aliphatic carbocycles. The molecule has 0 aliphatic heterocycles. The molecule has 0 unspecified atom stereocenters. The SMILES string of the molecule is F[B-](F)(F)F.Nc1ccccc1S. The Labute approximate surface area is 78.4 Å². The highest BCUT2D eigenvalue weighted by molar-refractivity contribution is 7.80. The van der Waals surface area contributed by atoms with Gasteiger partial charge in [-0.1, -0.05) is 12.1 Å². The summed E-state index contributed by atoms with van der Waals surface area (Å²) in [5.41, 5.74) is 6.18. The van der Waals surface area contributed by atoms with Crippen LogP contribution in [0, 0.1) is 0 Å². The molecule has 0 aliphatic rings. The monoisotopic (exact) mass is 212 g/mol. The molecule has 0 heterocycles. The van der Waals surface area contributed by atoms with E-state index in [-0.39, 0.29) is 0 Å². The van der Waals surface area contributed by atoms with Crippen LogP contribution in [-0.4, -0.2) is 7.25 Å². The third-order valence-corrected chi connectivity index (χ3v) is 1.34. The highest BCUT2D eigenvalue weighted by atomic mass is 32.1. The van der Waals surface area contributed by atoms with Gasteiger partial charge in [0.2, 0.25) is 0 Å². The van der Waals surface area contributed by atoms with Gasteiger partial charge in [-0.25, -0.2) is 0 Å². The molecule has 0 fully saturated rings. The second kappa shape index (κ2) is 5.01. The van der Waals surface area contributed by atoms with Crippen molar-refractivity contribution in [2.24, 2.45) is 0 Å². The topological polar surface area (TPSA) is 26.0 Å². The number of rotatable bonds is 0. The van der Waals surface area contributed by atoms with Crippen LogP contribution in [0.5, 0.6) is 0 Å². The molecule has 1 rings (SSSR count). The first-order valence-electron chi connectivity index (χ1n) is 3.21. The number of anilines is 1. The third kappa shape index (κ3) is 9.07. The Kier molecular flexibility index (Phi) is 4.68. The van der Waals surface area contributed by atoms with Crippen LogP contribution >= 0.6 is 12.6 Å². The highest BCUT2D eigenvalue weighted by Crippen LogP contribution is 2.13. The van der Waals surface area contributed by atoms with Crippen molar-refractivity contribution in [2.75, 3.05) is 5.73 Å². The van der Waals surface area contributed by atoms with E-state index in [0.717, 1.165) is 10.6 Å². The number of thiol groups is 1. The Morgan fingerprint density at radius 3 is 1.69 bits per heavy atom. The van der Waals surface area contributed by atoms with E-state index in [2.05, 4.69) is 12.6 Å². The van der Waals surface area contributed by atoms with Gasteiger partial charge in [-0.15, -0.1) is 12.6 Å². The number of hydrogen-bond donors (Lipinski definition) is 2. The van der Waals surface area contributed by atoms with Crippen LogP contribution in [0.1, 0.15) is 0 Å². The first-order chi connectivity index (χ1) is 5.80. The van der Waals surface area contributed by atoms with Crippen molar-refractivity contribution < 1.29 is 17.3 Å². The van der Waals surface area contributed by atoms with E-state index in [1.807, 2.05) is 24.3 Å². The van der Waals surface area contributed by atoms with E-state index in [9.17, 15) is 17.3 Å². The van der Waals surface area contributed by atoms with Gasteiger partial charge in [0.05, 0.1) is 0 Å². The molecular formula is C6H7BF4NS-. The van der Waals surface area contributed by atoms with Gasteiger partial charge in [-0.3, -0.25) is 0 Å². The Morgan fingerprint density at radius 1 is 1.08 bits per heavy atom. The summed E-state index contributed by atoms with van der Waals surface area (Å²) in [6.07, 6.45) is 0. The molecule has 0 bridgehead atoms. The molecule has 0 saturated carbocycles. The van der Waals surface area contributed by atoms with E-state index in [0.29, 0.717) is 0 Å². The van der Waals surface area contributed by atoms with Gasteiger partial charge in [0.1, 0.15) is 0 Å². The van der Waals surface area contributed by atoms with E-state index >= 15 is 0 Å². The average Bonchev–Trinajstić information content (AvgIpc) is 1.92. The van der Waals surface area contributed by atoms with E-state index in [1.165, 1.54) is 0 Å². The summed E-state index contributed by atoms with van der Waals surface area (Å²) in [7, 11) is -6.00. The van der Waals surface area contributed by atoms with Crippen LogP contribution in [0.25, 0.3) is 0 Å². The maximum atomic E-state index is 9.75. The van der Waals surface area contributed by atoms with Gasteiger partial charge in [-0.05, 0) is 12.1 Å². The van der Waals surface area contributed by atoms with Gasteiger partial charge < -0.3 is 23.0 Å². The fourth-order valence-corrected chi connectivity index (χ4v) is 0.648. The predicted molar refractivity (Wildman–Crippen MR) is 48.3 cm³/mol. The second-order valence-corrected chi connectivity index (χ2v) is 2.54. The summed E-state index contributed by atoms with van der Waals surface area (Å²) in [6, 6.07) is 7.47. The second-order valence-electron chi connectivity index (χ2n) is 2.05. The van der Waals surface area contributed by atoms with Gasteiger partial charge in [0.25, 0.3) is 0 Å². The molecule has 0 aromatic heterocycles. The highest BCUT2D eigenvalue weighted by Gasteiger charge is 2.20. The Balaban J connectivity index is 0.000000252. The zero-order valence-corrected chi connectivity index (χ0v) is 7.32. The van der Waals surface area contributed by atoms with Crippen molar-refractivity contribution in [3.05, 3.63) is 24.3 Å². The smallest absolute Gasteiger partial charge is 0.418 e. The van der Waals surface area contributed by atoms with Gasteiger partial charge in [0, 0.05) is 10.6 Å². The number of para-hydroxylation sites is 1. The molecule has 0 spiro atoms. The zero-order valence-electron chi connectivity index (χ0n) is 6.42. The van der Waals surface area contributed by atoms with Gasteiger partial charge in [-0.2, -0.15) is 0 Å². The minimum absolute atomic E-state index is 0.732. The van der Waals surface area contributed by atoms with Gasteiger partial charge in [0.15, 0.2) is 0 Å². The van der Waals surface area contributed by atoms with Crippen molar-refractivity contribution in [3.8, 4) is 0 Å². The maximum Gasteiger partial charge on any atom is 0.673 e. The van der Waals surface area contributed by atoms with Crippen molar-refractivity contribution >= 4 is 25.6 Å². The first kappa shape index (κ1) is 12.2. The number of nitrogen functional groups attached to an aromatic ring is 1.